The second-order valence-corrected chi connectivity index (χ2v) is 9.62. The number of fused-ring (bicyclic) bond motifs is 1. The molecular formula is C26H28ClN7O4. The highest BCUT2D eigenvalue weighted by molar-refractivity contribution is 6.33. The second kappa shape index (κ2) is 10.4. The van der Waals surface area contributed by atoms with Crippen LogP contribution in [0, 0.1) is 20.8 Å². The quantitative estimate of drug-likeness (QED) is 0.289. The van der Waals surface area contributed by atoms with E-state index in [1.165, 1.54) is 0 Å². The SMILES string of the molecule is CNCCCOc1ccc(Cl)c(-c2nc(-c3c(C)noc3C)c(C)c(N3Cc4[nH]c(=O)[nH]c(=O)c4C3)n2)c1. The molecule has 0 saturated heterocycles. The molecule has 38 heavy (non-hydrogen) atoms. The molecular weight excluding hydrogens is 510 g/mol. The Bertz CT molecular complexity index is 1610. The van der Waals surface area contributed by atoms with Gasteiger partial charge in [0.15, 0.2) is 5.82 Å². The van der Waals surface area contributed by atoms with Crippen molar-refractivity contribution in [2.24, 2.45) is 0 Å². The summed E-state index contributed by atoms with van der Waals surface area (Å²) in [6.07, 6.45) is 0.854. The third-order valence-electron chi connectivity index (χ3n) is 6.54. The number of aromatic nitrogens is 5. The first-order valence-electron chi connectivity index (χ1n) is 12.2. The molecule has 0 atom stereocenters. The van der Waals surface area contributed by atoms with Gasteiger partial charge in [0.1, 0.15) is 17.3 Å². The van der Waals surface area contributed by atoms with E-state index < -0.39 is 11.2 Å². The molecule has 3 aromatic heterocycles. The molecule has 0 fully saturated rings. The Morgan fingerprint density at radius 1 is 1.16 bits per heavy atom. The van der Waals surface area contributed by atoms with E-state index >= 15 is 0 Å². The zero-order valence-electron chi connectivity index (χ0n) is 21.6. The molecule has 0 spiro atoms. The molecule has 0 unspecified atom stereocenters. The molecule has 1 aliphatic rings. The minimum absolute atomic E-state index is 0.280. The van der Waals surface area contributed by atoms with Crippen molar-refractivity contribution in [1.29, 1.82) is 0 Å². The van der Waals surface area contributed by atoms with E-state index in [9.17, 15) is 9.59 Å². The highest BCUT2D eigenvalue weighted by atomic mass is 35.5. The summed E-state index contributed by atoms with van der Waals surface area (Å²) in [6.45, 7) is 7.59. The van der Waals surface area contributed by atoms with Crippen molar-refractivity contribution < 1.29 is 9.26 Å². The summed E-state index contributed by atoms with van der Waals surface area (Å²) in [7, 11) is 1.90. The van der Waals surface area contributed by atoms with Crippen LogP contribution < -0.4 is 26.2 Å². The Balaban J connectivity index is 1.63. The number of hydrogen-bond acceptors (Lipinski definition) is 9. The van der Waals surface area contributed by atoms with Gasteiger partial charge in [-0.05, 0) is 59.0 Å². The van der Waals surface area contributed by atoms with Gasteiger partial charge in [0.25, 0.3) is 5.56 Å². The fraction of sp³-hybridized carbons (Fsp3) is 0.346. The minimum atomic E-state index is -0.537. The van der Waals surface area contributed by atoms with Crippen molar-refractivity contribution in [1.82, 2.24) is 30.4 Å². The van der Waals surface area contributed by atoms with Gasteiger partial charge in [-0.1, -0.05) is 16.8 Å². The van der Waals surface area contributed by atoms with Crippen LogP contribution in [0.2, 0.25) is 5.02 Å². The zero-order chi connectivity index (χ0) is 27.0. The van der Waals surface area contributed by atoms with Gasteiger partial charge in [0.05, 0.1) is 47.2 Å². The second-order valence-electron chi connectivity index (χ2n) is 9.21. The zero-order valence-corrected chi connectivity index (χ0v) is 22.3. The van der Waals surface area contributed by atoms with Crippen LogP contribution >= 0.6 is 11.6 Å². The highest BCUT2D eigenvalue weighted by Gasteiger charge is 2.29. The number of H-pyrrole nitrogens is 2. The Hall–Kier alpha value is -3.96. The largest absolute Gasteiger partial charge is 0.494 e. The number of ether oxygens (including phenoxy) is 1. The van der Waals surface area contributed by atoms with Crippen LogP contribution in [0.5, 0.6) is 5.75 Å². The number of anilines is 1. The Morgan fingerprint density at radius 2 is 1.97 bits per heavy atom. The van der Waals surface area contributed by atoms with E-state index in [0.29, 0.717) is 69.5 Å². The maximum Gasteiger partial charge on any atom is 0.325 e. The monoisotopic (exact) mass is 537 g/mol. The van der Waals surface area contributed by atoms with E-state index in [-0.39, 0.29) is 6.54 Å². The van der Waals surface area contributed by atoms with Crippen LogP contribution in [0.4, 0.5) is 5.82 Å². The number of benzene rings is 1. The van der Waals surface area contributed by atoms with Gasteiger partial charge in [-0.25, -0.2) is 14.8 Å². The van der Waals surface area contributed by atoms with Crippen LogP contribution in [0.3, 0.4) is 0 Å². The average Bonchev–Trinajstić information content (AvgIpc) is 3.46. The van der Waals surface area contributed by atoms with Gasteiger partial charge in [0.2, 0.25) is 0 Å². The summed E-state index contributed by atoms with van der Waals surface area (Å²) in [6, 6.07) is 5.40. The van der Waals surface area contributed by atoms with E-state index in [2.05, 4.69) is 20.4 Å². The maximum absolute atomic E-state index is 12.4. The highest BCUT2D eigenvalue weighted by Crippen LogP contribution is 2.38. The lowest BCUT2D eigenvalue weighted by Gasteiger charge is -2.21. The van der Waals surface area contributed by atoms with Crippen LogP contribution in [0.15, 0.2) is 32.3 Å². The summed E-state index contributed by atoms with van der Waals surface area (Å²) >= 11 is 6.64. The lowest BCUT2D eigenvalue weighted by atomic mass is 10.0. The van der Waals surface area contributed by atoms with Gasteiger partial charge >= 0.3 is 5.69 Å². The van der Waals surface area contributed by atoms with Crippen LogP contribution in [0.25, 0.3) is 22.6 Å². The maximum atomic E-state index is 12.4. The number of aryl methyl sites for hydroxylation is 2. The fourth-order valence-corrected chi connectivity index (χ4v) is 4.85. The summed E-state index contributed by atoms with van der Waals surface area (Å²) in [5, 5.41) is 7.68. The van der Waals surface area contributed by atoms with Gasteiger partial charge in [-0.3, -0.25) is 9.78 Å². The average molecular weight is 538 g/mol. The van der Waals surface area contributed by atoms with Crippen molar-refractivity contribution in [3.05, 3.63) is 72.3 Å². The smallest absolute Gasteiger partial charge is 0.325 e. The van der Waals surface area contributed by atoms with Gasteiger partial charge in [-0.2, -0.15) is 0 Å². The third kappa shape index (κ3) is 4.82. The summed E-state index contributed by atoms with van der Waals surface area (Å²) < 4.78 is 11.4. The molecule has 0 bridgehead atoms. The minimum Gasteiger partial charge on any atom is -0.494 e. The van der Waals surface area contributed by atoms with Gasteiger partial charge < -0.3 is 24.5 Å². The fourth-order valence-electron chi connectivity index (χ4n) is 4.65. The topological polar surface area (TPSA) is 142 Å². The van der Waals surface area contributed by atoms with Crippen LogP contribution in [-0.4, -0.2) is 45.3 Å². The first kappa shape index (κ1) is 25.7. The summed E-state index contributed by atoms with van der Waals surface area (Å²) in [5.41, 5.74) is 3.62. The number of aromatic amines is 2. The molecule has 1 aliphatic heterocycles. The molecule has 1 aromatic carbocycles. The predicted octanol–water partition coefficient (Wildman–Crippen LogP) is 3.26. The molecule has 3 N–H and O–H groups in total. The van der Waals surface area contributed by atoms with Crippen LogP contribution in [0.1, 0.15) is 34.7 Å². The first-order valence-corrected chi connectivity index (χ1v) is 12.6. The lowest BCUT2D eigenvalue weighted by Crippen LogP contribution is -2.25. The Morgan fingerprint density at radius 3 is 2.71 bits per heavy atom. The molecule has 198 valence electrons. The molecule has 0 radical (unpaired) electrons. The third-order valence-corrected chi connectivity index (χ3v) is 6.87. The molecule has 5 rings (SSSR count). The van der Waals surface area contributed by atoms with Crippen LogP contribution in [-0.2, 0) is 13.1 Å². The van der Waals surface area contributed by atoms with Crippen molar-refractivity contribution in [3.8, 4) is 28.4 Å². The summed E-state index contributed by atoms with van der Waals surface area (Å²) in [5.74, 6) is 2.28. The molecule has 11 nitrogen and oxygen atoms in total. The Kier molecular flexibility index (Phi) is 7.04. The standard InChI is InChI=1S/C26H28ClN7O4/c1-13-22(21-14(2)33-38-15(21)3)30-23(17-10-16(6-7-19(17)27)37-9-5-8-28-4)31-24(13)34-11-18-20(12-34)29-26(36)32-25(18)35/h6-7,10,28H,5,8-9,11-12H2,1-4H3,(H2,29,32,35,36). The van der Waals surface area contributed by atoms with E-state index in [1.54, 1.807) is 6.07 Å². The number of nitrogens with zero attached hydrogens (tertiary/aromatic N) is 4. The number of halogens is 1. The number of rotatable bonds is 8. The van der Waals surface area contributed by atoms with Gasteiger partial charge in [-0.15, -0.1) is 0 Å². The molecule has 4 aromatic rings. The summed E-state index contributed by atoms with van der Waals surface area (Å²) in [4.78, 5) is 41.1. The Labute approximate surface area is 223 Å². The van der Waals surface area contributed by atoms with Crippen molar-refractivity contribution in [2.45, 2.75) is 40.3 Å². The lowest BCUT2D eigenvalue weighted by molar-refractivity contribution is 0.310. The van der Waals surface area contributed by atoms with E-state index in [1.807, 2.05) is 44.9 Å². The van der Waals surface area contributed by atoms with E-state index in [0.717, 1.165) is 24.1 Å². The molecule has 4 heterocycles. The van der Waals surface area contributed by atoms with Crippen molar-refractivity contribution >= 4 is 17.4 Å². The predicted molar refractivity (Wildman–Crippen MR) is 144 cm³/mol. The van der Waals surface area contributed by atoms with E-state index in [4.69, 9.17) is 30.8 Å². The number of hydrogen-bond donors (Lipinski definition) is 3. The first-order chi connectivity index (χ1) is 18.3. The molecule has 0 saturated carbocycles. The molecule has 12 heteroatoms. The molecule has 0 amide bonds. The normalized spacial score (nSPS) is 12.7. The molecule has 0 aliphatic carbocycles. The van der Waals surface area contributed by atoms with Gasteiger partial charge in [0, 0.05) is 16.8 Å². The van der Waals surface area contributed by atoms with Crippen molar-refractivity contribution in [3.63, 3.8) is 0 Å². The van der Waals surface area contributed by atoms with Crippen molar-refractivity contribution in [2.75, 3.05) is 25.1 Å². The number of nitrogens with one attached hydrogen (secondary N) is 3.